The number of hydrogen-bond acceptors (Lipinski definition) is 3. The molecule has 4 heterocycles. The third-order valence-corrected chi connectivity index (χ3v) is 6.07. The van der Waals surface area contributed by atoms with Crippen LogP contribution in [0.25, 0.3) is 10.9 Å². The van der Waals surface area contributed by atoms with Crippen molar-refractivity contribution >= 4 is 22.5 Å². The quantitative estimate of drug-likeness (QED) is 0.664. The minimum Gasteiger partial charge on any atom is -0.341 e. The van der Waals surface area contributed by atoms with Crippen LogP contribution in [-0.2, 0) is 13.1 Å². The molecule has 0 spiro atoms. The minimum atomic E-state index is 0.353. The van der Waals surface area contributed by atoms with Gasteiger partial charge in [0.2, 0.25) is 0 Å². The topological polar surface area (TPSA) is 24.3 Å². The number of rotatable bonds is 1. The van der Waals surface area contributed by atoms with Crippen molar-refractivity contribution in [3.63, 3.8) is 0 Å². The smallest absolute Gasteiger partial charge is 0.0635 e. The van der Waals surface area contributed by atoms with Crippen molar-refractivity contribution in [3.8, 4) is 0 Å². The molecule has 0 saturated heterocycles. The van der Waals surface area contributed by atoms with Crippen molar-refractivity contribution in [3.05, 3.63) is 64.6 Å². The first kappa shape index (κ1) is 15.4. The van der Waals surface area contributed by atoms with Crippen LogP contribution in [0.5, 0.6) is 0 Å². The number of fused-ring (bicyclic) bond motifs is 3. The Labute approximate surface area is 152 Å². The third-order valence-electron chi connectivity index (χ3n) is 5.83. The molecule has 5 rings (SSSR count). The van der Waals surface area contributed by atoms with Crippen molar-refractivity contribution in [2.75, 3.05) is 20.6 Å². The Balaban J connectivity index is 1.74. The summed E-state index contributed by atoms with van der Waals surface area (Å²) in [7, 11) is 4.47. The van der Waals surface area contributed by atoms with Crippen LogP contribution >= 0.6 is 11.6 Å². The Hall–Kier alpha value is -1.88. The van der Waals surface area contributed by atoms with Crippen molar-refractivity contribution in [1.82, 2.24) is 19.4 Å². The number of pyridine rings is 1. The second-order valence-corrected chi connectivity index (χ2v) is 7.75. The predicted molar refractivity (Wildman–Crippen MR) is 101 cm³/mol. The van der Waals surface area contributed by atoms with Crippen LogP contribution in [0.2, 0.25) is 5.02 Å². The molecule has 3 aromatic rings. The molecule has 0 fully saturated rings. The zero-order valence-corrected chi connectivity index (χ0v) is 15.2. The summed E-state index contributed by atoms with van der Waals surface area (Å²) in [4.78, 5) is 9.14. The van der Waals surface area contributed by atoms with Gasteiger partial charge in [-0.25, -0.2) is 0 Å². The van der Waals surface area contributed by atoms with Gasteiger partial charge in [0.1, 0.15) is 0 Å². The Morgan fingerprint density at radius 3 is 2.64 bits per heavy atom. The lowest BCUT2D eigenvalue weighted by molar-refractivity contribution is 0.0804. The molecule has 25 heavy (non-hydrogen) atoms. The molecule has 0 radical (unpaired) electrons. The monoisotopic (exact) mass is 352 g/mol. The van der Waals surface area contributed by atoms with Gasteiger partial charge in [0.05, 0.1) is 12.1 Å². The molecule has 0 N–H and O–H groups in total. The second-order valence-electron chi connectivity index (χ2n) is 7.31. The highest BCUT2D eigenvalue weighted by molar-refractivity contribution is 6.31. The van der Waals surface area contributed by atoms with Gasteiger partial charge in [-0.3, -0.25) is 9.88 Å². The average molecular weight is 353 g/mol. The molecule has 2 aromatic heterocycles. The highest BCUT2D eigenvalue weighted by atomic mass is 35.5. The number of hydrogen-bond donors (Lipinski definition) is 0. The summed E-state index contributed by atoms with van der Waals surface area (Å²) in [5.41, 5.74) is 5.55. The van der Waals surface area contributed by atoms with Crippen LogP contribution < -0.4 is 0 Å². The standard InChI is InChI=1S/C20H21ClN4/c1-23-10-16-15-9-14(21)3-4-17(15)25-12-18(13-5-7-22-8-6-13)24(2)19(11-23)20(16)25/h3-9,18-19H,10-12H2,1-2H3. The number of nitrogens with zero attached hydrogens (tertiary/aromatic N) is 4. The van der Waals surface area contributed by atoms with E-state index in [1.165, 1.54) is 27.7 Å². The SMILES string of the molecule is CN1Cc2c3n(c4ccc(Cl)cc24)CC(c2ccncc2)N(C)C3C1. The number of halogens is 1. The fourth-order valence-electron chi connectivity index (χ4n) is 4.64. The summed E-state index contributed by atoms with van der Waals surface area (Å²) in [5.74, 6) is 0. The summed E-state index contributed by atoms with van der Waals surface area (Å²) in [5, 5.41) is 2.12. The highest BCUT2D eigenvalue weighted by Crippen LogP contribution is 2.44. The van der Waals surface area contributed by atoms with Crippen molar-refractivity contribution in [1.29, 1.82) is 0 Å². The lowest BCUT2D eigenvalue weighted by atomic mass is 9.94. The molecule has 128 valence electrons. The van der Waals surface area contributed by atoms with Gasteiger partial charge in [0.15, 0.2) is 0 Å². The van der Waals surface area contributed by atoms with E-state index in [1.807, 2.05) is 18.5 Å². The first-order valence-electron chi connectivity index (χ1n) is 8.74. The van der Waals surface area contributed by atoms with Crippen LogP contribution in [0.4, 0.5) is 0 Å². The fourth-order valence-corrected chi connectivity index (χ4v) is 4.81. The maximum atomic E-state index is 6.32. The average Bonchev–Trinajstić information content (AvgIpc) is 2.92. The predicted octanol–water partition coefficient (Wildman–Crippen LogP) is 3.86. The molecule has 2 unspecified atom stereocenters. The lowest BCUT2D eigenvalue weighted by Crippen LogP contribution is -2.45. The van der Waals surface area contributed by atoms with Crippen LogP contribution in [0.1, 0.15) is 28.9 Å². The molecular formula is C20H21ClN4. The molecule has 2 aliphatic heterocycles. The van der Waals surface area contributed by atoms with Crippen molar-refractivity contribution in [2.24, 2.45) is 0 Å². The number of aromatic nitrogens is 2. The Kier molecular flexibility index (Phi) is 3.42. The maximum Gasteiger partial charge on any atom is 0.0635 e. The molecule has 0 bridgehead atoms. The summed E-state index contributed by atoms with van der Waals surface area (Å²) in [6.45, 7) is 3.01. The van der Waals surface area contributed by atoms with Gasteiger partial charge in [0, 0.05) is 53.6 Å². The lowest BCUT2D eigenvalue weighted by Gasteiger charge is -2.45. The normalized spacial score (nSPS) is 23.8. The first-order chi connectivity index (χ1) is 12.1. The molecule has 2 aliphatic rings. The summed E-state index contributed by atoms with van der Waals surface area (Å²) in [6.07, 6.45) is 3.79. The van der Waals surface area contributed by atoms with Crippen molar-refractivity contribution < 1.29 is 0 Å². The zero-order valence-electron chi connectivity index (χ0n) is 14.5. The van der Waals surface area contributed by atoms with E-state index in [1.54, 1.807) is 0 Å². The third kappa shape index (κ3) is 2.25. The highest BCUT2D eigenvalue weighted by Gasteiger charge is 2.39. The molecule has 5 heteroatoms. The molecular weight excluding hydrogens is 332 g/mol. The van der Waals surface area contributed by atoms with E-state index in [0.29, 0.717) is 12.1 Å². The Morgan fingerprint density at radius 1 is 1.04 bits per heavy atom. The zero-order chi connectivity index (χ0) is 17.1. The molecule has 0 saturated carbocycles. The molecule has 0 amide bonds. The molecule has 1 aromatic carbocycles. The van der Waals surface area contributed by atoms with E-state index >= 15 is 0 Å². The van der Waals surface area contributed by atoms with Crippen LogP contribution in [0, 0.1) is 0 Å². The van der Waals surface area contributed by atoms with Crippen LogP contribution in [0.15, 0.2) is 42.7 Å². The number of benzene rings is 1. The molecule has 0 aliphatic carbocycles. The maximum absolute atomic E-state index is 6.32. The van der Waals surface area contributed by atoms with Gasteiger partial charge < -0.3 is 9.47 Å². The van der Waals surface area contributed by atoms with Gasteiger partial charge in [-0.1, -0.05) is 11.6 Å². The molecule has 2 atom stereocenters. The summed E-state index contributed by atoms with van der Waals surface area (Å²) < 4.78 is 2.53. The van der Waals surface area contributed by atoms with Gasteiger partial charge in [0.25, 0.3) is 0 Å². The van der Waals surface area contributed by atoms with E-state index in [4.69, 9.17) is 11.6 Å². The van der Waals surface area contributed by atoms with E-state index in [-0.39, 0.29) is 0 Å². The van der Waals surface area contributed by atoms with Crippen molar-refractivity contribution in [2.45, 2.75) is 25.2 Å². The second kappa shape index (κ2) is 5.56. The summed E-state index contributed by atoms with van der Waals surface area (Å²) in [6, 6.07) is 11.4. The van der Waals surface area contributed by atoms with E-state index in [2.05, 4.69) is 57.7 Å². The minimum absolute atomic E-state index is 0.353. The fraction of sp³-hybridized carbons (Fsp3) is 0.350. The Bertz CT molecular complexity index is 949. The van der Waals surface area contributed by atoms with Gasteiger partial charge >= 0.3 is 0 Å². The number of likely N-dealkylation sites (N-methyl/N-ethyl adjacent to an activating group) is 2. The van der Waals surface area contributed by atoms with Gasteiger partial charge in [-0.15, -0.1) is 0 Å². The van der Waals surface area contributed by atoms with Gasteiger partial charge in [-0.2, -0.15) is 0 Å². The van der Waals surface area contributed by atoms with E-state index in [0.717, 1.165) is 24.7 Å². The first-order valence-corrected chi connectivity index (χ1v) is 9.12. The summed E-state index contributed by atoms with van der Waals surface area (Å²) >= 11 is 6.32. The van der Waals surface area contributed by atoms with Crippen LogP contribution in [0.3, 0.4) is 0 Å². The van der Waals surface area contributed by atoms with E-state index < -0.39 is 0 Å². The van der Waals surface area contributed by atoms with Crippen LogP contribution in [-0.4, -0.2) is 40.0 Å². The largest absolute Gasteiger partial charge is 0.341 e. The Morgan fingerprint density at radius 2 is 1.84 bits per heavy atom. The molecule has 4 nitrogen and oxygen atoms in total. The van der Waals surface area contributed by atoms with Gasteiger partial charge in [-0.05, 0) is 55.6 Å². The van der Waals surface area contributed by atoms with E-state index in [9.17, 15) is 0 Å².